The highest BCUT2D eigenvalue weighted by atomic mass is 35.5. The van der Waals surface area contributed by atoms with E-state index in [1.165, 1.54) is 6.42 Å². The Kier molecular flexibility index (Phi) is 5.25. The summed E-state index contributed by atoms with van der Waals surface area (Å²) < 4.78 is 23.0. The molecule has 0 bridgehead atoms. The van der Waals surface area contributed by atoms with Gasteiger partial charge in [0.15, 0.2) is 9.84 Å². The van der Waals surface area contributed by atoms with E-state index in [0.29, 0.717) is 16.9 Å². The van der Waals surface area contributed by atoms with Gasteiger partial charge in [-0.3, -0.25) is 0 Å². The molecule has 1 unspecified atom stereocenters. The average molecular weight is 283 g/mol. The second kappa shape index (κ2) is 5.87. The molecule has 6 heteroatoms. The molecule has 0 aliphatic carbocycles. The van der Waals surface area contributed by atoms with Crippen molar-refractivity contribution in [2.45, 2.75) is 19.8 Å². The van der Waals surface area contributed by atoms with Gasteiger partial charge in [-0.15, -0.1) is 12.4 Å². The number of sulfone groups is 1. The lowest BCUT2D eigenvalue weighted by atomic mass is 9.89. The highest BCUT2D eigenvalue weighted by Crippen LogP contribution is 2.26. The summed E-state index contributed by atoms with van der Waals surface area (Å²) in [7, 11) is -2.76. The van der Waals surface area contributed by atoms with Gasteiger partial charge in [0.2, 0.25) is 0 Å². The van der Waals surface area contributed by atoms with E-state index in [1.807, 2.05) is 0 Å². The van der Waals surface area contributed by atoms with Gasteiger partial charge in [0.05, 0.1) is 11.5 Å². The minimum Gasteiger partial charge on any atom is -0.316 e. The quantitative estimate of drug-likeness (QED) is 0.803. The molecule has 0 amide bonds. The maximum atomic E-state index is 11.5. The predicted molar refractivity (Wildman–Crippen MR) is 72.6 cm³/mol. The molecule has 2 heterocycles. The van der Waals surface area contributed by atoms with Crippen LogP contribution in [-0.2, 0) is 9.84 Å². The fourth-order valence-electron chi connectivity index (χ4n) is 2.69. The third-order valence-corrected chi connectivity index (χ3v) is 5.43. The molecule has 2 saturated heterocycles. The Bertz CT molecular complexity index is 339. The summed E-state index contributed by atoms with van der Waals surface area (Å²) in [6, 6.07) is 0. The first-order valence-corrected chi connectivity index (χ1v) is 7.95. The van der Waals surface area contributed by atoms with Crippen LogP contribution in [0.15, 0.2) is 0 Å². The van der Waals surface area contributed by atoms with Gasteiger partial charge in [0.25, 0.3) is 0 Å². The first-order chi connectivity index (χ1) is 7.49. The zero-order valence-electron chi connectivity index (χ0n) is 10.4. The Labute approximate surface area is 110 Å². The molecule has 2 aliphatic heterocycles. The molecule has 0 spiro atoms. The standard InChI is InChI=1S/C11H22N2O2S.ClH/c1-11(3-4-12-9-11)10-13-5-2-7-16(14,15)8-6-13;/h12H,2-10H2,1H3;1H. The van der Waals surface area contributed by atoms with Gasteiger partial charge < -0.3 is 10.2 Å². The normalized spacial score (nSPS) is 33.9. The van der Waals surface area contributed by atoms with Gasteiger partial charge in [-0.2, -0.15) is 0 Å². The largest absolute Gasteiger partial charge is 0.316 e. The van der Waals surface area contributed by atoms with Gasteiger partial charge in [-0.05, 0) is 31.3 Å². The number of rotatable bonds is 2. The molecule has 2 rings (SSSR count). The van der Waals surface area contributed by atoms with Crippen molar-refractivity contribution >= 4 is 22.2 Å². The maximum Gasteiger partial charge on any atom is 0.151 e. The molecular weight excluding hydrogens is 260 g/mol. The van der Waals surface area contributed by atoms with Crippen molar-refractivity contribution in [1.82, 2.24) is 10.2 Å². The van der Waals surface area contributed by atoms with Crippen LogP contribution >= 0.6 is 12.4 Å². The van der Waals surface area contributed by atoms with Crippen LogP contribution in [0, 0.1) is 5.41 Å². The first kappa shape index (κ1) is 15.2. The molecule has 2 aliphatic rings. The number of halogens is 1. The highest BCUT2D eigenvalue weighted by molar-refractivity contribution is 7.91. The van der Waals surface area contributed by atoms with Crippen LogP contribution in [0.25, 0.3) is 0 Å². The lowest BCUT2D eigenvalue weighted by molar-refractivity contribution is 0.188. The highest BCUT2D eigenvalue weighted by Gasteiger charge is 2.31. The summed E-state index contributed by atoms with van der Waals surface area (Å²) in [4.78, 5) is 2.33. The van der Waals surface area contributed by atoms with Crippen molar-refractivity contribution in [3.63, 3.8) is 0 Å². The number of hydrogen-bond acceptors (Lipinski definition) is 4. The van der Waals surface area contributed by atoms with Crippen molar-refractivity contribution in [2.75, 3.05) is 44.2 Å². The second-order valence-corrected chi connectivity index (χ2v) is 7.82. The minimum atomic E-state index is -2.76. The molecule has 17 heavy (non-hydrogen) atoms. The van der Waals surface area contributed by atoms with Crippen molar-refractivity contribution in [3.05, 3.63) is 0 Å². The van der Waals surface area contributed by atoms with Crippen LogP contribution in [0.3, 0.4) is 0 Å². The van der Waals surface area contributed by atoms with Crippen LogP contribution in [0.4, 0.5) is 0 Å². The van der Waals surface area contributed by atoms with E-state index in [0.717, 1.165) is 39.1 Å². The summed E-state index contributed by atoms with van der Waals surface area (Å²) >= 11 is 0. The molecule has 4 nitrogen and oxygen atoms in total. The molecule has 0 saturated carbocycles. The van der Waals surface area contributed by atoms with E-state index in [9.17, 15) is 8.42 Å². The molecule has 102 valence electrons. The van der Waals surface area contributed by atoms with Crippen molar-refractivity contribution in [1.29, 1.82) is 0 Å². The fraction of sp³-hybridized carbons (Fsp3) is 1.00. The van der Waals surface area contributed by atoms with Gasteiger partial charge >= 0.3 is 0 Å². The third kappa shape index (κ3) is 4.39. The van der Waals surface area contributed by atoms with Gasteiger partial charge in [0, 0.05) is 19.6 Å². The smallest absolute Gasteiger partial charge is 0.151 e. The monoisotopic (exact) mass is 282 g/mol. The molecular formula is C11H23ClN2O2S. The number of hydrogen-bond donors (Lipinski definition) is 1. The SMILES string of the molecule is CC1(CN2CCCS(=O)(=O)CC2)CCNC1.Cl. The lowest BCUT2D eigenvalue weighted by Gasteiger charge is -2.30. The van der Waals surface area contributed by atoms with Crippen LogP contribution in [0.1, 0.15) is 19.8 Å². The Morgan fingerprint density at radius 1 is 1.29 bits per heavy atom. The minimum absolute atomic E-state index is 0. The molecule has 0 aromatic rings. The lowest BCUT2D eigenvalue weighted by Crippen LogP contribution is -2.38. The molecule has 0 aromatic heterocycles. The van der Waals surface area contributed by atoms with E-state index in [-0.39, 0.29) is 12.4 Å². The summed E-state index contributed by atoms with van der Waals surface area (Å²) in [5.74, 6) is 0.717. The van der Waals surface area contributed by atoms with Crippen LogP contribution in [0.2, 0.25) is 0 Å². The van der Waals surface area contributed by atoms with Crippen LogP contribution in [-0.4, -0.2) is 57.5 Å². The second-order valence-electron chi connectivity index (χ2n) is 5.52. The number of nitrogens with zero attached hydrogens (tertiary/aromatic N) is 1. The van der Waals surface area contributed by atoms with Gasteiger partial charge in [-0.25, -0.2) is 8.42 Å². The zero-order chi connectivity index (χ0) is 11.6. The summed E-state index contributed by atoms with van der Waals surface area (Å²) in [5, 5.41) is 3.39. The molecule has 2 fully saturated rings. The first-order valence-electron chi connectivity index (χ1n) is 6.13. The van der Waals surface area contributed by atoms with Crippen LogP contribution in [0.5, 0.6) is 0 Å². The third-order valence-electron chi connectivity index (χ3n) is 3.71. The van der Waals surface area contributed by atoms with Gasteiger partial charge in [-0.1, -0.05) is 6.92 Å². The molecule has 1 N–H and O–H groups in total. The van der Waals surface area contributed by atoms with E-state index >= 15 is 0 Å². The molecule has 1 atom stereocenters. The summed E-state index contributed by atoms with van der Waals surface area (Å²) in [5.41, 5.74) is 0.341. The summed E-state index contributed by atoms with van der Waals surface area (Å²) in [6.45, 7) is 7.16. The predicted octanol–water partition coefficient (Wildman–Crippen LogP) is 0.528. The van der Waals surface area contributed by atoms with Crippen LogP contribution < -0.4 is 5.32 Å². The van der Waals surface area contributed by atoms with Crippen molar-refractivity contribution in [2.24, 2.45) is 5.41 Å². The van der Waals surface area contributed by atoms with Crippen molar-refractivity contribution < 1.29 is 8.42 Å². The number of nitrogens with one attached hydrogen (secondary N) is 1. The Hall–Kier alpha value is 0.160. The van der Waals surface area contributed by atoms with E-state index in [1.54, 1.807) is 0 Å². The molecule has 0 aromatic carbocycles. The fourth-order valence-corrected chi connectivity index (χ4v) is 4.00. The Morgan fingerprint density at radius 2 is 2.06 bits per heavy atom. The Balaban J connectivity index is 0.00000144. The maximum absolute atomic E-state index is 11.5. The van der Waals surface area contributed by atoms with Crippen molar-refractivity contribution in [3.8, 4) is 0 Å². The zero-order valence-corrected chi connectivity index (χ0v) is 12.1. The Morgan fingerprint density at radius 3 is 2.71 bits per heavy atom. The van der Waals surface area contributed by atoms with Gasteiger partial charge in [0.1, 0.15) is 0 Å². The van der Waals surface area contributed by atoms with E-state index in [4.69, 9.17) is 0 Å². The average Bonchev–Trinajstić information content (AvgIpc) is 2.54. The molecule has 0 radical (unpaired) electrons. The van der Waals surface area contributed by atoms with E-state index in [2.05, 4.69) is 17.1 Å². The summed E-state index contributed by atoms with van der Waals surface area (Å²) in [6.07, 6.45) is 2.00. The topological polar surface area (TPSA) is 49.4 Å². The van der Waals surface area contributed by atoms with E-state index < -0.39 is 9.84 Å².